The molecule has 1 aliphatic rings. The number of aromatic nitrogens is 2. The summed E-state index contributed by atoms with van der Waals surface area (Å²) in [5.74, 6) is 0. The fourth-order valence-corrected chi connectivity index (χ4v) is 3.09. The molecule has 2 rings (SSSR count). The quantitative estimate of drug-likeness (QED) is 0.833. The van der Waals surface area contributed by atoms with Crippen molar-refractivity contribution in [3.05, 3.63) is 18.0 Å². The van der Waals surface area contributed by atoms with Gasteiger partial charge in [0.1, 0.15) is 0 Å². The maximum absolute atomic E-state index is 11.4. The van der Waals surface area contributed by atoms with E-state index < -0.39 is 10.0 Å². The van der Waals surface area contributed by atoms with E-state index in [9.17, 15) is 8.42 Å². The first kappa shape index (κ1) is 13.5. The van der Waals surface area contributed by atoms with Crippen LogP contribution in [0.4, 0.5) is 0 Å². The zero-order valence-corrected chi connectivity index (χ0v) is 11.7. The molecule has 0 radical (unpaired) electrons. The second kappa shape index (κ2) is 5.38. The Labute approximate surface area is 108 Å². The molecule has 18 heavy (non-hydrogen) atoms. The van der Waals surface area contributed by atoms with Crippen LogP contribution in [0.2, 0.25) is 0 Å². The number of hydrogen-bond donors (Lipinski definition) is 1. The fourth-order valence-electron chi connectivity index (χ4n) is 2.22. The first-order valence-corrected chi connectivity index (χ1v) is 7.96. The molecule has 0 spiro atoms. The van der Waals surface area contributed by atoms with Gasteiger partial charge in [0, 0.05) is 44.5 Å². The average Bonchev–Trinajstić information content (AvgIpc) is 2.72. The lowest BCUT2D eigenvalue weighted by atomic mass is 10.1. The van der Waals surface area contributed by atoms with Crippen molar-refractivity contribution in [3.63, 3.8) is 0 Å². The maximum Gasteiger partial charge on any atom is 0.211 e. The Morgan fingerprint density at radius 1 is 1.44 bits per heavy atom. The van der Waals surface area contributed by atoms with Gasteiger partial charge in [-0.05, 0) is 12.8 Å². The van der Waals surface area contributed by atoms with Crippen molar-refractivity contribution in [2.24, 2.45) is 7.05 Å². The summed E-state index contributed by atoms with van der Waals surface area (Å²) in [4.78, 5) is 0. The molecule has 7 heteroatoms. The van der Waals surface area contributed by atoms with Crippen molar-refractivity contribution in [1.82, 2.24) is 19.4 Å². The van der Waals surface area contributed by atoms with Crippen LogP contribution in [0.15, 0.2) is 12.4 Å². The molecule has 102 valence electrons. The number of piperidine rings is 1. The van der Waals surface area contributed by atoms with E-state index in [1.165, 1.54) is 6.26 Å². The maximum atomic E-state index is 11.4. The van der Waals surface area contributed by atoms with Gasteiger partial charge in [-0.1, -0.05) is 0 Å². The van der Waals surface area contributed by atoms with E-state index in [0.717, 1.165) is 24.9 Å². The predicted octanol–water partition coefficient (Wildman–Crippen LogP) is -0.0663. The van der Waals surface area contributed by atoms with E-state index in [0.29, 0.717) is 19.1 Å². The lowest BCUT2D eigenvalue weighted by Crippen LogP contribution is -2.44. The van der Waals surface area contributed by atoms with Gasteiger partial charge in [0.2, 0.25) is 10.0 Å². The van der Waals surface area contributed by atoms with Gasteiger partial charge in [-0.3, -0.25) is 4.68 Å². The van der Waals surface area contributed by atoms with Crippen molar-refractivity contribution in [2.75, 3.05) is 19.3 Å². The first-order chi connectivity index (χ1) is 8.45. The molecule has 0 amide bonds. The fraction of sp³-hybridized carbons (Fsp3) is 0.727. The zero-order valence-electron chi connectivity index (χ0n) is 10.8. The minimum Gasteiger partial charge on any atom is -0.310 e. The standard InChI is InChI=1S/C11H20N4O2S/c1-14-9-10(8-13-14)7-12-11-3-5-15(6-4-11)18(2,16)17/h8-9,11-12H,3-7H2,1-2H3. The molecule has 1 aromatic rings. The number of aryl methyl sites for hydroxylation is 1. The second-order valence-electron chi connectivity index (χ2n) is 4.84. The molecule has 0 atom stereocenters. The topological polar surface area (TPSA) is 67.2 Å². The van der Waals surface area contributed by atoms with E-state index >= 15 is 0 Å². The van der Waals surface area contributed by atoms with Crippen molar-refractivity contribution >= 4 is 10.0 Å². The van der Waals surface area contributed by atoms with Crippen LogP contribution in [0.25, 0.3) is 0 Å². The molecule has 0 aromatic carbocycles. The number of nitrogens with one attached hydrogen (secondary N) is 1. The van der Waals surface area contributed by atoms with Gasteiger partial charge < -0.3 is 5.32 Å². The van der Waals surface area contributed by atoms with Gasteiger partial charge in [-0.15, -0.1) is 0 Å². The molecule has 0 unspecified atom stereocenters. The lowest BCUT2D eigenvalue weighted by molar-refractivity contribution is 0.290. The predicted molar refractivity (Wildman–Crippen MR) is 69.5 cm³/mol. The molecule has 1 aliphatic heterocycles. The number of hydrogen-bond acceptors (Lipinski definition) is 4. The van der Waals surface area contributed by atoms with E-state index in [-0.39, 0.29) is 0 Å². The Hall–Kier alpha value is -0.920. The third-order valence-corrected chi connectivity index (χ3v) is 4.58. The van der Waals surface area contributed by atoms with E-state index in [2.05, 4.69) is 10.4 Å². The minimum atomic E-state index is -3.02. The second-order valence-corrected chi connectivity index (χ2v) is 6.82. The summed E-state index contributed by atoms with van der Waals surface area (Å²) in [7, 11) is -1.12. The number of sulfonamides is 1. The summed E-state index contributed by atoms with van der Waals surface area (Å²) in [6.45, 7) is 2.02. The third-order valence-electron chi connectivity index (χ3n) is 3.28. The van der Waals surface area contributed by atoms with E-state index in [4.69, 9.17) is 0 Å². The molecule has 2 heterocycles. The number of nitrogens with zero attached hydrogens (tertiary/aromatic N) is 3. The molecule has 1 fully saturated rings. The Morgan fingerprint density at radius 3 is 2.61 bits per heavy atom. The van der Waals surface area contributed by atoms with Gasteiger partial charge >= 0.3 is 0 Å². The summed E-state index contributed by atoms with van der Waals surface area (Å²) in [6.07, 6.45) is 6.84. The SMILES string of the molecule is Cn1cc(CNC2CCN(S(C)(=O)=O)CC2)cn1. The Bertz CT molecular complexity index is 489. The zero-order chi connectivity index (χ0) is 13.2. The number of rotatable bonds is 4. The molecule has 6 nitrogen and oxygen atoms in total. The van der Waals surface area contributed by atoms with Gasteiger partial charge in [-0.25, -0.2) is 12.7 Å². The normalized spacial score (nSPS) is 19.2. The highest BCUT2D eigenvalue weighted by Crippen LogP contribution is 2.13. The van der Waals surface area contributed by atoms with Crippen LogP contribution in [0.5, 0.6) is 0 Å². The average molecular weight is 272 g/mol. The van der Waals surface area contributed by atoms with Crippen LogP contribution in [0.3, 0.4) is 0 Å². The molecular formula is C11H20N4O2S. The lowest BCUT2D eigenvalue weighted by Gasteiger charge is -2.30. The van der Waals surface area contributed by atoms with Crippen LogP contribution in [0.1, 0.15) is 18.4 Å². The van der Waals surface area contributed by atoms with E-state index in [1.807, 2.05) is 19.4 Å². The summed E-state index contributed by atoms with van der Waals surface area (Å²) in [5.41, 5.74) is 1.16. The first-order valence-electron chi connectivity index (χ1n) is 6.11. The molecule has 1 saturated heterocycles. The molecule has 0 bridgehead atoms. The van der Waals surface area contributed by atoms with Crippen molar-refractivity contribution < 1.29 is 8.42 Å². The molecule has 1 aromatic heterocycles. The van der Waals surface area contributed by atoms with Crippen LogP contribution in [-0.2, 0) is 23.6 Å². The highest BCUT2D eigenvalue weighted by molar-refractivity contribution is 7.88. The molecular weight excluding hydrogens is 252 g/mol. The Balaban J connectivity index is 1.77. The summed E-state index contributed by atoms with van der Waals surface area (Å²) < 4.78 is 26.1. The van der Waals surface area contributed by atoms with Crippen molar-refractivity contribution in [3.8, 4) is 0 Å². The molecule has 1 N–H and O–H groups in total. The summed E-state index contributed by atoms with van der Waals surface area (Å²) in [6, 6.07) is 0.392. The van der Waals surface area contributed by atoms with E-state index in [1.54, 1.807) is 8.99 Å². The van der Waals surface area contributed by atoms with Crippen LogP contribution >= 0.6 is 0 Å². The smallest absolute Gasteiger partial charge is 0.211 e. The van der Waals surface area contributed by atoms with Gasteiger partial charge in [0.15, 0.2) is 0 Å². The van der Waals surface area contributed by atoms with Gasteiger partial charge in [0.05, 0.1) is 12.5 Å². The molecule has 0 aliphatic carbocycles. The Morgan fingerprint density at radius 2 is 2.11 bits per heavy atom. The Kier molecular flexibility index (Phi) is 4.04. The van der Waals surface area contributed by atoms with Crippen molar-refractivity contribution in [2.45, 2.75) is 25.4 Å². The summed E-state index contributed by atoms with van der Waals surface area (Å²) >= 11 is 0. The highest BCUT2D eigenvalue weighted by atomic mass is 32.2. The van der Waals surface area contributed by atoms with Crippen LogP contribution in [0, 0.1) is 0 Å². The monoisotopic (exact) mass is 272 g/mol. The minimum absolute atomic E-state index is 0.392. The van der Waals surface area contributed by atoms with Crippen molar-refractivity contribution in [1.29, 1.82) is 0 Å². The van der Waals surface area contributed by atoms with Gasteiger partial charge in [-0.2, -0.15) is 5.10 Å². The summed E-state index contributed by atoms with van der Waals surface area (Å²) in [5, 5.41) is 7.56. The molecule has 0 saturated carbocycles. The largest absolute Gasteiger partial charge is 0.310 e. The van der Waals surface area contributed by atoms with Crippen LogP contribution in [-0.4, -0.2) is 47.9 Å². The highest BCUT2D eigenvalue weighted by Gasteiger charge is 2.24. The van der Waals surface area contributed by atoms with Gasteiger partial charge in [0.25, 0.3) is 0 Å². The third kappa shape index (κ3) is 3.54. The van der Waals surface area contributed by atoms with Crippen LogP contribution < -0.4 is 5.32 Å².